The molecule has 0 aliphatic heterocycles. The molecule has 2 aromatic heterocycles. The number of oxazole rings is 1. The first-order valence-corrected chi connectivity index (χ1v) is 7.28. The first-order valence-electron chi connectivity index (χ1n) is 7.28. The fraction of sp³-hybridized carbons (Fsp3) is 0.111. The SMILES string of the molecule is Cc1nc2ccc(NC(=O)c3oc4ccccc4c3C)cc2o1. The van der Waals surface area contributed by atoms with Gasteiger partial charge in [0.25, 0.3) is 5.91 Å². The number of carbonyl (C=O) groups excluding carboxylic acids is 1. The monoisotopic (exact) mass is 306 g/mol. The zero-order valence-corrected chi connectivity index (χ0v) is 12.7. The number of benzene rings is 2. The van der Waals surface area contributed by atoms with Crippen LogP contribution in [0.3, 0.4) is 0 Å². The van der Waals surface area contributed by atoms with E-state index in [0.717, 1.165) is 16.5 Å². The van der Waals surface area contributed by atoms with Gasteiger partial charge in [-0.15, -0.1) is 0 Å². The van der Waals surface area contributed by atoms with E-state index in [0.29, 0.717) is 28.5 Å². The average molecular weight is 306 g/mol. The van der Waals surface area contributed by atoms with Gasteiger partial charge in [0.15, 0.2) is 17.2 Å². The van der Waals surface area contributed by atoms with Crippen LogP contribution in [-0.2, 0) is 0 Å². The number of furan rings is 1. The molecule has 1 amide bonds. The number of hydrogen-bond donors (Lipinski definition) is 1. The van der Waals surface area contributed by atoms with Gasteiger partial charge in [0, 0.05) is 29.6 Å². The van der Waals surface area contributed by atoms with Gasteiger partial charge in [0.05, 0.1) is 0 Å². The van der Waals surface area contributed by atoms with Crippen LogP contribution in [0.2, 0.25) is 0 Å². The van der Waals surface area contributed by atoms with Crippen molar-refractivity contribution < 1.29 is 13.6 Å². The standard InChI is InChI=1S/C18H14N2O3/c1-10-13-5-3-4-6-15(13)23-17(10)18(21)20-12-7-8-14-16(9-12)22-11(2)19-14/h3-9H,1-2H3,(H,20,21). The van der Waals surface area contributed by atoms with Crippen LogP contribution in [0.4, 0.5) is 5.69 Å². The quantitative estimate of drug-likeness (QED) is 0.594. The van der Waals surface area contributed by atoms with Crippen LogP contribution in [0.5, 0.6) is 0 Å². The molecule has 4 aromatic rings. The Bertz CT molecular complexity index is 1040. The third kappa shape index (κ3) is 2.26. The van der Waals surface area contributed by atoms with Crippen molar-refractivity contribution >= 4 is 33.7 Å². The molecule has 4 rings (SSSR count). The number of amides is 1. The topological polar surface area (TPSA) is 68.3 Å². The number of nitrogens with one attached hydrogen (secondary N) is 1. The summed E-state index contributed by atoms with van der Waals surface area (Å²) in [4.78, 5) is 16.7. The third-order valence-corrected chi connectivity index (χ3v) is 3.80. The van der Waals surface area contributed by atoms with Gasteiger partial charge in [-0.1, -0.05) is 18.2 Å². The second kappa shape index (κ2) is 4.98. The van der Waals surface area contributed by atoms with Gasteiger partial charge in [-0.3, -0.25) is 4.79 Å². The van der Waals surface area contributed by atoms with E-state index in [4.69, 9.17) is 8.83 Å². The molecule has 0 saturated carbocycles. The lowest BCUT2D eigenvalue weighted by Gasteiger charge is -2.03. The highest BCUT2D eigenvalue weighted by Crippen LogP contribution is 2.26. The van der Waals surface area contributed by atoms with Gasteiger partial charge in [-0.2, -0.15) is 0 Å². The van der Waals surface area contributed by atoms with Crippen molar-refractivity contribution in [2.45, 2.75) is 13.8 Å². The predicted molar refractivity (Wildman–Crippen MR) is 87.7 cm³/mol. The van der Waals surface area contributed by atoms with Crippen molar-refractivity contribution in [3.8, 4) is 0 Å². The number of aryl methyl sites for hydroxylation is 2. The number of para-hydroxylation sites is 1. The molecule has 2 heterocycles. The van der Waals surface area contributed by atoms with Gasteiger partial charge < -0.3 is 14.2 Å². The van der Waals surface area contributed by atoms with Crippen LogP contribution >= 0.6 is 0 Å². The van der Waals surface area contributed by atoms with Gasteiger partial charge >= 0.3 is 0 Å². The smallest absolute Gasteiger partial charge is 0.291 e. The third-order valence-electron chi connectivity index (χ3n) is 3.80. The number of fused-ring (bicyclic) bond motifs is 2. The lowest BCUT2D eigenvalue weighted by atomic mass is 10.1. The van der Waals surface area contributed by atoms with Crippen LogP contribution in [0.25, 0.3) is 22.1 Å². The Kier molecular flexibility index (Phi) is 2.94. The summed E-state index contributed by atoms with van der Waals surface area (Å²) in [6.07, 6.45) is 0. The van der Waals surface area contributed by atoms with Crippen molar-refractivity contribution in [3.63, 3.8) is 0 Å². The first-order chi connectivity index (χ1) is 11.1. The summed E-state index contributed by atoms with van der Waals surface area (Å²) in [6, 6.07) is 13.0. The van der Waals surface area contributed by atoms with Crippen LogP contribution in [0, 0.1) is 13.8 Å². The number of hydrogen-bond acceptors (Lipinski definition) is 4. The van der Waals surface area contributed by atoms with Crippen molar-refractivity contribution in [1.29, 1.82) is 0 Å². The molecule has 0 saturated heterocycles. The van der Waals surface area contributed by atoms with E-state index in [1.807, 2.05) is 37.3 Å². The van der Waals surface area contributed by atoms with E-state index in [2.05, 4.69) is 10.3 Å². The Labute approximate surface area is 131 Å². The van der Waals surface area contributed by atoms with Crippen LogP contribution in [-0.4, -0.2) is 10.9 Å². The number of carbonyl (C=O) groups is 1. The highest BCUT2D eigenvalue weighted by Gasteiger charge is 2.17. The van der Waals surface area contributed by atoms with Gasteiger partial charge in [0.2, 0.25) is 0 Å². The molecule has 114 valence electrons. The molecule has 5 heteroatoms. The number of nitrogens with zero attached hydrogens (tertiary/aromatic N) is 1. The predicted octanol–water partition coefficient (Wildman–Crippen LogP) is 4.44. The zero-order chi connectivity index (χ0) is 16.0. The minimum atomic E-state index is -0.283. The Morgan fingerprint density at radius 3 is 2.70 bits per heavy atom. The molecule has 0 spiro atoms. The minimum absolute atomic E-state index is 0.283. The van der Waals surface area contributed by atoms with E-state index in [-0.39, 0.29) is 5.91 Å². The first kappa shape index (κ1) is 13.6. The summed E-state index contributed by atoms with van der Waals surface area (Å²) in [5, 5.41) is 3.78. The molecule has 1 N–H and O–H groups in total. The molecule has 0 aliphatic rings. The Morgan fingerprint density at radius 2 is 1.87 bits per heavy atom. The van der Waals surface area contributed by atoms with Gasteiger partial charge in [0.1, 0.15) is 11.1 Å². The molecule has 0 unspecified atom stereocenters. The zero-order valence-electron chi connectivity index (χ0n) is 12.7. The van der Waals surface area contributed by atoms with Crippen molar-refractivity contribution in [2.24, 2.45) is 0 Å². The van der Waals surface area contributed by atoms with E-state index >= 15 is 0 Å². The van der Waals surface area contributed by atoms with Crippen LogP contribution < -0.4 is 5.32 Å². The maximum absolute atomic E-state index is 12.5. The normalized spacial score (nSPS) is 11.2. The molecular weight excluding hydrogens is 292 g/mol. The average Bonchev–Trinajstić information content (AvgIpc) is 3.07. The summed E-state index contributed by atoms with van der Waals surface area (Å²) in [5.41, 5.74) is 3.58. The highest BCUT2D eigenvalue weighted by molar-refractivity contribution is 6.06. The van der Waals surface area contributed by atoms with Gasteiger partial charge in [-0.25, -0.2) is 4.98 Å². The van der Waals surface area contributed by atoms with E-state index in [1.165, 1.54) is 0 Å². The summed E-state index contributed by atoms with van der Waals surface area (Å²) in [6.45, 7) is 3.67. The van der Waals surface area contributed by atoms with Gasteiger partial charge in [-0.05, 0) is 25.1 Å². The Hall–Kier alpha value is -3.08. The molecular formula is C18H14N2O3. The summed E-state index contributed by atoms with van der Waals surface area (Å²) < 4.78 is 11.2. The molecule has 0 fully saturated rings. The maximum Gasteiger partial charge on any atom is 0.291 e. The van der Waals surface area contributed by atoms with Crippen molar-refractivity contribution in [3.05, 3.63) is 59.7 Å². The van der Waals surface area contributed by atoms with E-state index in [1.54, 1.807) is 19.1 Å². The fourth-order valence-electron chi connectivity index (χ4n) is 2.70. The molecule has 0 aliphatic carbocycles. The Balaban J connectivity index is 1.68. The highest BCUT2D eigenvalue weighted by atomic mass is 16.4. The van der Waals surface area contributed by atoms with E-state index in [9.17, 15) is 4.79 Å². The fourth-order valence-corrected chi connectivity index (χ4v) is 2.70. The molecule has 5 nitrogen and oxygen atoms in total. The summed E-state index contributed by atoms with van der Waals surface area (Å²) in [7, 11) is 0. The lowest BCUT2D eigenvalue weighted by Crippen LogP contribution is -2.11. The Morgan fingerprint density at radius 1 is 1.04 bits per heavy atom. The number of anilines is 1. The minimum Gasteiger partial charge on any atom is -0.451 e. The number of aromatic nitrogens is 1. The van der Waals surface area contributed by atoms with Crippen molar-refractivity contribution in [2.75, 3.05) is 5.32 Å². The largest absolute Gasteiger partial charge is 0.451 e. The van der Waals surface area contributed by atoms with E-state index < -0.39 is 0 Å². The van der Waals surface area contributed by atoms with Crippen molar-refractivity contribution in [1.82, 2.24) is 4.98 Å². The molecule has 2 aromatic carbocycles. The molecule has 0 atom stereocenters. The number of rotatable bonds is 2. The lowest BCUT2D eigenvalue weighted by molar-refractivity contribution is 0.0998. The summed E-state index contributed by atoms with van der Waals surface area (Å²) in [5.74, 6) is 0.630. The summed E-state index contributed by atoms with van der Waals surface area (Å²) >= 11 is 0. The second-order valence-electron chi connectivity index (χ2n) is 5.42. The molecule has 23 heavy (non-hydrogen) atoms. The second-order valence-corrected chi connectivity index (χ2v) is 5.42. The molecule has 0 radical (unpaired) electrons. The molecule has 0 bridgehead atoms. The van der Waals surface area contributed by atoms with Crippen LogP contribution in [0.1, 0.15) is 22.0 Å². The maximum atomic E-state index is 12.5. The van der Waals surface area contributed by atoms with Crippen LogP contribution in [0.15, 0.2) is 51.3 Å².